The Bertz CT molecular complexity index is 729. The zero-order valence-electron chi connectivity index (χ0n) is 15.7. The number of alkyl halides is 3. The van der Waals surface area contributed by atoms with Gasteiger partial charge in [0, 0.05) is 26.4 Å². The first-order valence-corrected chi connectivity index (χ1v) is 9.96. The van der Waals surface area contributed by atoms with E-state index >= 15 is 0 Å². The fraction of sp³-hybridized carbons (Fsp3) is 0.579. The van der Waals surface area contributed by atoms with E-state index in [9.17, 15) is 18.0 Å². The van der Waals surface area contributed by atoms with Gasteiger partial charge in [-0.1, -0.05) is 17.3 Å². The summed E-state index contributed by atoms with van der Waals surface area (Å²) in [4.78, 5) is 21.8. The molecular weight excluding hydrogens is 439 g/mol. The highest BCUT2D eigenvalue weighted by Crippen LogP contribution is 2.35. The second kappa shape index (κ2) is 8.41. The van der Waals surface area contributed by atoms with Gasteiger partial charge in [-0.25, -0.2) is 0 Å². The molecule has 1 saturated heterocycles. The Balaban J connectivity index is 1.73. The molecule has 5 nitrogen and oxygen atoms in total. The maximum Gasteiger partial charge on any atom is 0.416 e. The van der Waals surface area contributed by atoms with E-state index in [0.717, 1.165) is 36.0 Å². The van der Waals surface area contributed by atoms with Crippen LogP contribution in [-0.2, 0) is 15.8 Å². The maximum atomic E-state index is 12.9. The summed E-state index contributed by atoms with van der Waals surface area (Å²) in [6.45, 7) is 1.35. The summed E-state index contributed by atoms with van der Waals surface area (Å²) < 4.78 is 39.4. The van der Waals surface area contributed by atoms with Crippen molar-refractivity contribution in [3.8, 4) is 0 Å². The van der Waals surface area contributed by atoms with E-state index in [4.69, 9.17) is 4.84 Å². The summed E-state index contributed by atoms with van der Waals surface area (Å²) in [5.41, 5.74) is -0.136. The Morgan fingerprint density at radius 3 is 2.32 bits per heavy atom. The number of hydrogen-bond acceptors (Lipinski definition) is 4. The highest BCUT2D eigenvalue weighted by molar-refractivity contribution is 9.18. The Morgan fingerprint density at radius 2 is 1.86 bits per heavy atom. The van der Waals surface area contributed by atoms with Crippen LogP contribution in [-0.4, -0.2) is 53.6 Å². The predicted molar refractivity (Wildman–Crippen MR) is 103 cm³/mol. The van der Waals surface area contributed by atoms with Gasteiger partial charge in [0.1, 0.15) is 16.8 Å². The van der Waals surface area contributed by atoms with E-state index in [1.807, 2.05) is 4.90 Å². The number of nitrogens with zero attached hydrogens (tertiary/aromatic N) is 3. The van der Waals surface area contributed by atoms with Gasteiger partial charge >= 0.3 is 6.18 Å². The van der Waals surface area contributed by atoms with Crippen LogP contribution in [0.1, 0.15) is 36.4 Å². The maximum absolute atomic E-state index is 12.9. The number of likely N-dealkylation sites (tertiary alicyclic amines) is 1. The number of rotatable bonds is 4. The van der Waals surface area contributed by atoms with Crippen molar-refractivity contribution in [3.63, 3.8) is 0 Å². The van der Waals surface area contributed by atoms with E-state index < -0.39 is 17.8 Å². The number of likely N-dealkylation sites (N-methyl/N-ethyl adjacent to an activating group) is 1. The number of piperidine rings is 1. The Hall–Kier alpha value is -1.61. The molecule has 154 valence electrons. The monoisotopic (exact) mass is 461 g/mol. The van der Waals surface area contributed by atoms with Gasteiger partial charge in [-0.15, -0.1) is 0 Å². The summed E-state index contributed by atoms with van der Waals surface area (Å²) in [5, 5.41) is 3.94. The molecule has 1 amide bonds. The van der Waals surface area contributed by atoms with Gasteiger partial charge in [-0.05, 0) is 59.6 Å². The minimum absolute atomic E-state index is 0.0468. The van der Waals surface area contributed by atoms with Crippen molar-refractivity contribution in [2.24, 2.45) is 11.1 Å². The van der Waals surface area contributed by atoms with E-state index in [-0.39, 0.29) is 12.0 Å². The van der Waals surface area contributed by atoms with Gasteiger partial charge < -0.3 is 9.74 Å². The van der Waals surface area contributed by atoms with Crippen molar-refractivity contribution in [1.29, 1.82) is 0 Å². The molecule has 0 aliphatic carbocycles. The number of hydrogen-bond donors (Lipinski definition) is 0. The van der Waals surface area contributed by atoms with Gasteiger partial charge in [-0.3, -0.25) is 9.69 Å². The molecule has 0 N–H and O–H groups in total. The average molecular weight is 462 g/mol. The van der Waals surface area contributed by atoms with Crippen LogP contribution >= 0.6 is 15.9 Å². The van der Waals surface area contributed by atoms with Gasteiger partial charge in [0.2, 0.25) is 5.91 Å². The van der Waals surface area contributed by atoms with Crippen molar-refractivity contribution < 1.29 is 22.8 Å². The van der Waals surface area contributed by atoms with Crippen LogP contribution in [0.15, 0.2) is 29.4 Å². The molecule has 2 atom stereocenters. The molecule has 1 aromatic rings. The van der Waals surface area contributed by atoms with Crippen molar-refractivity contribution in [1.82, 2.24) is 9.80 Å². The molecule has 0 aromatic heterocycles. The van der Waals surface area contributed by atoms with Crippen molar-refractivity contribution in [3.05, 3.63) is 35.4 Å². The lowest BCUT2D eigenvalue weighted by Gasteiger charge is -2.39. The number of carbonyl (C=O) groups excluding carboxylic acids is 1. The molecule has 9 heteroatoms. The number of amides is 1. The molecule has 0 spiro atoms. The highest BCUT2D eigenvalue weighted by Gasteiger charge is 2.37. The zero-order valence-corrected chi connectivity index (χ0v) is 17.3. The largest absolute Gasteiger partial charge is 0.416 e. The normalized spacial score (nSPS) is 22.5. The molecule has 2 aliphatic heterocycles. The SMILES string of the molecule is CN(C)C(=O)C(c1ccc(C(F)(F)F)cc1)N1CCC(C2CC(Br)=NO2)CC1. The molecule has 0 saturated carbocycles. The predicted octanol–water partition coefficient (Wildman–Crippen LogP) is 4.04. The molecule has 2 unspecified atom stereocenters. The summed E-state index contributed by atoms with van der Waals surface area (Å²) in [5.74, 6) is 0.208. The van der Waals surface area contributed by atoms with Crippen LogP contribution in [0.5, 0.6) is 0 Å². The third-order valence-electron chi connectivity index (χ3n) is 5.35. The van der Waals surface area contributed by atoms with E-state index in [0.29, 0.717) is 24.6 Å². The van der Waals surface area contributed by atoms with Crippen LogP contribution in [0, 0.1) is 5.92 Å². The Morgan fingerprint density at radius 1 is 1.25 bits per heavy atom. The molecule has 28 heavy (non-hydrogen) atoms. The van der Waals surface area contributed by atoms with E-state index in [2.05, 4.69) is 21.1 Å². The molecule has 0 radical (unpaired) electrons. The molecule has 2 heterocycles. The summed E-state index contributed by atoms with van der Waals surface area (Å²) >= 11 is 3.35. The lowest BCUT2D eigenvalue weighted by molar-refractivity contribution is -0.137. The van der Waals surface area contributed by atoms with Gasteiger partial charge in [0.05, 0.1) is 5.56 Å². The summed E-state index contributed by atoms with van der Waals surface area (Å²) in [7, 11) is 3.32. The molecule has 3 rings (SSSR count). The van der Waals surface area contributed by atoms with Crippen LogP contribution < -0.4 is 0 Å². The minimum atomic E-state index is -4.39. The topological polar surface area (TPSA) is 45.1 Å². The van der Waals surface area contributed by atoms with Crippen molar-refractivity contribution in [2.75, 3.05) is 27.2 Å². The zero-order chi connectivity index (χ0) is 20.5. The number of carbonyl (C=O) groups is 1. The average Bonchev–Trinajstić information content (AvgIpc) is 3.08. The standard InChI is InChI=1S/C19H23BrF3N3O2/c1-25(2)18(27)17(13-3-5-14(6-4-13)19(21,22)23)26-9-7-12(8-10-26)15-11-16(20)24-28-15/h3-6,12,15,17H,7-11H2,1-2H3. The van der Waals surface area contributed by atoms with Gasteiger partial charge in [-0.2, -0.15) is 13.2 Å². The molecule has 1 fully saturated rings. The van der Waals surface area contributed by atoms with Crippen LogP contribution in [0.3, 0.4) is 0 Å². The van der Waals surface area contributed by atoms with Crippen LogP contribution in [0.25, 0.3) is 0 Å². The number of oxime groups is 1. The molecule has 1 aromatic carbocycles. The van der Waals surface area contributed by atoms with Crippen molar-refractivity contribution >= 4 is 26.5 Å². The third kappa shape index (κ3) is 4.68. The first-order valence-electron chi connectivity index (χ1n) is 9.17. The summed E-state index contributed by atoms with van der Waals surface area (Å²) in [6, 6.07) is 4.31. The minimum Gasteiger partial charge on any atom is -0.391 e. The first-order chi connectivity index (χ1) is 13.2. The van der Waals surface area contributed by atoms with E-state index in [1.54, 1.807) is 14.1 Å². The number of benzene rings is 1. The Kier molecular flexibility index (Phi) is 6.34. The van der Waals surface area contributed by atoms with Crippen LogP contribution in [0.4, 0.5) is 13.2 Å². The fourth-order valence-corrected chi connectivity index (χ4v) is 4.18. The van der Waals surface area contributed by atoms with Gasteiger partial charge in [0.25, 0.3) is 0 Å². The second-order valence-electron chi connectivity index (χ2n) is 7.44. The molecule has 0 bridgehead atoms. The fourth-order valence-electron chi connectivity index (χ4n) is 3.78. The Labute approximate surface area is 170 Å². The van der Waals surface area contributed by atoms with E-state index in [1.165, 1.54) is 17.0 Å². The first kappa shape index (κ1) is 21.1. The lowest BCUT2D eigenvalue weighted by atomic mass is 9.88. The quantitative estimate of drug-likeness (QED) is 0.679. The van der Waals surface area contributed by atoms with Gasteiger partial charge in [0.15, 0.2) is 0 Å². The molecule has 2 aliphatic rings. The summed E-state index contributed by atoms with van der Waals surface area (Å²) in [6.07, 6.45) is -1.90. The third-order valence-corrected chi connectivity index (χ3v) is 5.82. The molecular formula is C19H23BrF3N3O2. The number of halogens is 4. The second-order valence-corrected chi connectivity index (χ2v) is 8.36. The smallest absolute Gasteiger partial charge is 0.391 e. The highest BCUT2D eigenvalue weighted by atomic mass is 79.9. The lowest BCUT2D eigenvalue weighted by Crippen LogP contribution is -2.45. The van der Waals surface area contributed by atoms with Crippen molar-refractivity contribution in [2.45, 2.75) is 37.6 Å². The van der Waals surface area contributed by atoms with Crippen LogP contribution in [0.2, 0.25) is 0 Å².